The molecule has 2 heterocycles. The Morgan fingerprint density at radius 3 is 2.74 bits per heavy atom. The number of benzene rings is 1. The van der Waals surface area contributed by atoms with Gasteiger partial charge in [0.2, 0.25) is 5.88 Å². The zero-order valence-corrected chi connectivity index (χ0v) is 13.3. The molecule has 1 aromatic carbocycles. The van der Waals surface area contributed by atoms with Gasteiger partial charge < -0.3 is 14.4 Å². The first-order chi connectivity index (χ1) is 11.2. The van der Waals surface area contributed by atoms with E-state index in [4.69, 9.17) is 9.47 Å². The Labute approximate surface area is 135 Å². The van der Waals surface area contributed by atoms with E-state index in [0.29, 0.717) is 24.5 Å². The van der Waals surface area contributed by atoms with E-state index in [0.717, 1.165) is 5.56 Å². The van der Waals surface area contributed by atoms with E-state index >= 15 is 0 Å². The van der Waals surface area contributed by atoms with Gasteiger partial charge in [-0.05, 0) is 24.6 Å². The van der Waals surface area contributed by atoms with Crippen LogP contribution in [0.2, 0.25) is 0 Å². The fourth-order valence-electron chi connectivity index (χ4n) is 2.86. The number of ether oxygens (including phenoxy) is 2. The average molecular weight is 312 g/mol. The molecule has 120 valence electrons. The summed E-state index contributed by atoms with van der Waals surface area (Å²) in [5, 5.41) is 0. The molecular formula is C18H20N2O3. The van der Waals surface area contributed by atoms with Gasteiger partial charge in [0.1, 0.15) is 11.7 Å². The number of hydrogen-bond acceptors (Lipinski definition) is 4. The van der Waals surface area contributed by atoms with Gasteiger partial charge >= 0.3 is 0 Å². The molecule has 1 aliphatic heterocycles. The topological polar surface area (TPSA) is 51.7 Å². The van der Waals surface area contributed by atoms with Crippen LogP contribution in [0.3, 0.4) is 0 Å². The van der Waals surface area contributed by atoms with E-state index < -0.39 is 0 Å². The summed E-state index contributed by atoms with van der Waals surface area (Å²) in [6, 6.07) is 13.5. The van der Waals surface area contributed by atoms with Crippen LogP contribution >= 0.6 is 0 Å². The summed E-state index contributed by atoms with van der Waals surface area (Å²) in [5.74, 6) is 0.277. The van der Waals surface area contributed by atoms with Crippen molar-refractivity contribution in [1.29, 1.82) is 0 Å². The zero-order valence-electron chi connectivity index (χ0n) is 13.3. The summed E-state index contributed by atoms with van der Waals surface area (Å²) in [5.41, 5.74) is 1.56. The lowest BCUT2D eigenvalue weighted by Crippen LogP contribution is -2.46. The fourth-order valence-corrected chi connectivity index (χ4v) is 2.86. The molecule has 0 spiro atoms. The Bertz CT molecular complexity index is 675. The lowest BCUT2D eigenvalue weighted by Gasteiger charge is -2.37. The van der Waals surface area contributed by atoms with E-state index in [9.17, 15) is 4.79 Å². The zero-order chi connectivity index (χ0) is 16.2. The van der Waals surface area contributed by atoms with E-state index in [1.807, 2.05) is 42.2 Å². The first kappa shape index (κ1) is 15.5. The summed E-state index contributed by atoms with van der Waals surface area (Å²) >= 11 is 0. The van der Waals surface area contributed by atoms with Gasteiger partial charge in [-0.2, -0.15) is 0 Å². The second kappa shape index (κ2) is 6.79. The van der Waals surface area contributed by atoms with Crippen LogP contribution in [-0.4, -0.2) is 42.1 Å². The number of nitrogens with zero attached hydrogens (tertiary/aromatic N) is 2. The smallest absolute Gasteiger partial charge is 0.259 e. The van der Waals surface area contributed by atoms with E-state index in [1.54, 1.807) is 18.3 Å². The second-order valence-corrected chi connectivity index (χ2v) is 5.62. The average Bonchev–Trinajstić information content (AvgIpc) is 2.61. The van der Waals surface area contributed by atoms with Crippen LogP contribution in [0, 0.1) is 0 Å². The molecule has 2 aromatic rings. The highest BCUT2D eigenvalue weighted by Gasteiger charge is 2.31. The molecule has 0 radical (unpaired) electrons. The minimum Gasteiger partial charge on any atom is -0.480 e. The van der Waals surface area contributed by atoms with Crippen molar-refractivity contribution in [3.05, 3.63) is 59.8 Å². The third kappa shape index (κ3) is 3.35. The molecule has 1 amide bonds. The number of hydrogen-bond donors (Lipinski definition) is 0. The largest absolute Gasteiger partial charge is 0.480 e. The first-order valence-electron chi connectivity index (χ1n) is 7.67. The van der Waals surface area contributed by atoms with E-state index in [1.165, 1.54) is 7.11 Å². The van der Waals surface area contributed by atoms with Crippen LogP contribution in [-0.2, 0) is 4.74 Å². The molecule has 1 aliphatic rings. The number of carbonyl (C=O) groups excluding carboxylic acids is 1. The number of amides is 1. The molecule has 2 unspecified atom stereocenters. The maximum atomic E-state index is 12.9. The lowest BCUT2D eigenvalue weighted by atomic mass is 10.1. The van der Waals surface area contributed by atoms with Crippen molar-refractivity contribution >= 4 is 5.91 Å². The maximum Gasteiger partial charge on any atom is 0.259 e. The molecule has 1 fully saturated rings. The molecule has 1 aromatic heterocycles. The van der Waals surface area contributed by atoms with Crippen molar-refractivity contribution in [2.24, 2.45) is 0 Å². The Morgan fingerprint density at radius 1 is 1.22 bits per heavy atom. The van der Waals surface area contributed by atoms with Crippen LogP contribution < -0.4 is 4.74 Å². The molecule has 5 heteroatoms. The number of methoxy groups -OCH3 is 1. The van der Waals surface area contributed by atoms with Crippen molar-refractivity contribution in [3.63, 3.8) is 0 Å². The molecule has 5 nitrogen and oxygen atoms in total. The van der Waals surface area contributed by atoms with Gasteiger partial charge in [0.25, 0.3) is 5.91 Å². The highest BCUT2D eigenvalue weighted by Crippen LogP contribution is 2.27. The van der Waals surface area contributed by atoms with Crippen LogP contribution in [0.4, 0.5) is 0 Å². The van der Waals surface area contributed by atoms with E-state index in [-0.39, 0.29) is 18.1 Å². The Morgan fingerprint density at radius 2 is 2.00 bits per heavy atom. The quantitative estimate of drug-likeness (QED) is 0.874. The van der Waals surface area contributed by atoms with Crippen molar-refractivity contribution in [2.75, 3.05) is 20.2 Å². The third-order valence-corrected chi connectivity index (χ3v) is 3.91. The van der Waals surface area contributed by atoms with Gasteiger partial charge in [-0.1, -0.05) is 30.3 Å². The summed E-state index contributed by atoms with van der Waals surface area (Å²) < 4.78 is 11.2. The molecule has 1 saturated heterocycles. The van der Waals surface area contributed by atoms with Crippen LogP contribution in [0.5, 0.6) is 5.88 Å². The minimum atomic E-state index is -0.119. The standard InChI is InChI=1S/C18H20N2O3/c1-13-11-20(12-16(23-13)14-7-4-3-5-8-14)18(21)15-9-6-10-19-17(15)22-2/h3-10,13,16H,11-12H2,1-2H3. The number of morpholine rings is 1. The van der Waals surface area contributed by atoms with Gasteiger partial charge in [0, 0.05) is 12.7 Å². The third-order valence-electron chi connectivity index (χ3n) is 3.91. The SMILES string of the molecule is COc1ncccc1C(=O)N1CC(C)OC(c2ccccc2)C1. The molecule has 23 heavy (non-hydrogen) atoms. The Balaban J connectivity index is 1.83. The van der Waals surface area contributed by atoms with Crippen molar-refractivity contribution in [2.45, 2.75) is 19.1 Å². The van der Waals surface area contributed by atoms with Crippen LogP contribution in [0.25, 0.3) is 0 Å². The number of pyridine rings is 1. The molecule has 0 bridgehead atoms. The normalized spacial score (nSPS) is 21.0. The summed E-state index contributed by atoms with van der Waals surface area (Å²) in [7, 11) is 1.52. The number of rotatable bonds is 3. The fraction of sp³-hybridized carbons (Fsp3) is 0.333. The van der Waals surface area contributed by atoms with Gasteiger partial charge in [0.15, 0.2) is 0 Å². The monoisotopic (exact) mass is 312 g/mol. The number of carbonyl (C=O) groups is 1. The predicted octanol–water partition coefficient (Wildman–Crippen LogP) is 2.69. The van der Waals surface area contributed by atoms with Crippen molar-refractivity contribution in [3.8, 4) is 5.88 Å². The highest BCUT2D eigenvalue weighted by atomic mass is 16.5. The first-order valence-corrected chi connectivity index (χ1v) is 7.67. The van der Waals surface area contributed by atoms with Gasteiger partial charge in [-0.3, -0.25) is 4.79 Å². The number of aromatic nitrogens is 1. The highest BCUT2D eigenvalue weighted by molar-refractivity contribution is 5.96. The molecule has 2 atom stereocenters. The Hall–Kier alpha value is -2.40. The van der Waals surface area contributed by atoms with E-state index in [2.05, 4.69) is 4.98 Å². The predicted molar refractivity (Wildman–Crippen MR) is 86.4 cm³/mol. The lowest BCUT2D eigenvalue weighted by molar-refractivity contribution is -0.0692. The minimum absolute atomic E-state index is 0.0272. The van der Waals surface area contributed by atoms with Crippen LogP contribution in [0.1, 0.15) is 28.9 Å². The second-order valence-electron chi connectivity index (χ2n) is 5.62. The maximum absolute atomic E-state index is 12.9. The summed E-state index contributed by atoms with van der Waals surface area (Å²) in [4.78, 5) is 18.8. The van der Waals surface area contributed by atoms with Crippen LogP contribution in [0.15, 0.2) is 48.7 Å². The molecule has 3 rings (SSSR count). The van der Waals surface area contributed by atoms with Gasteiger partial charge in [-0.25, -0.2) is 4.98 Å². The molecule has 0 aliphatic carbocycles. The van der Waals surface area contributed by atoms with Crippen molar-refractivity contribution < 1.29 is 14.3 Å². The van der Waals surface area contributed by atoms with Crippen molar-refractivity contribution in [1.82, 2.24) is 9.88 Å². The van der Waals surface area contributed by atoms with Gasteiger partial charge in [0.05, 0.1) is 19.8 Å². The molecular weight excluding hydrogens is 292 g/mol. The molecule has 0 saturated carbocycles. The Kier molecular flexibility index (Phi) is 4.57. The summed E-state index contributed by atoms with van der Waals surface area (Å²) in [6.45, 7) is 3.06. The molecule has 0 N–H and O–H groups in total. The summed E-state index contributed by atoms with van der Waals surface area (Å²) in [6.07, 6.45) is 1.47. The van der Waals surface area contributed by atoms with Gasteiger partial charge in [-0.15, -0.1) is 0 Å².